The minimum atomic E-state index is 0.698. The third-order valence-electron chi connectivity index (χ3n) is 5.68. The molecule has 1 saturated heterocycles. The summed E-state index contributed by atoms with van der Waals surface area (Å²) in [4.78, 5) is 5.36. The van der Waals surface area contributed by atoms with Crippen LogP contribution in [-0.4, -0.2) is 61.2 Å². The first-order valence-corrected chi connectivity index (χ1v) is 9.33. The number of nitrogens with zero attached hydrogens (tertiary/aromatic N) is 2. The quantitative estimate of drug-likeness (QED) is 0.841. The van der Waals surface area contributed by atoms with E-state index in [1.807, 2.05) is 0 Å². The molecule has 0 spiro atoms. The Morgan fingerprint density at radius 3 is 2.67 bits per heavy atom. The molecular weight excluding hydrogens is 258 g/mol. The van der Waals surface area contributed by atoms with Gasteiger partial charge in [-0.15, -0.1) is 0 Å². The first-order chi connectivity index (χ1) is 10.2. The van der Waals surface area contributed by atoms with Gasteiger partial charge in [0.2, 0.25) is 0 Å². The molecule has 0 aromatic heterocycles. The van der Waals surface area contributed by atoms with Crippen molar-refractivity contribution in [2.45, 2.75) is 77.4 Å². The summed E-state index contributed by atoms with van der Waals surface area (Å²) in [6, 6.07) is 2.18. The van der Waals surface area contributed by atoms with E-state index in [4.69, 9.17) is 0 Å². The summed E-state index contributed by atoms with van der Waals surface area (Å²) in [5.41, 5.74) is 0. The maximum atomic E-state index is 3.86. The van der Waals surface area contributed by atoms with Crippen molar-refractivity contribution in [1.29, 1.82) is 0 Å². The third kappa shape index (κ3) is 4.67. The molecule has 0 radical (unpaired) electrons. The topological polar surface area (TPSA) is 18.5 Å². The van der Waals surface area contributed by atoms with Gasteiger partial charge in [-0.25, -0.2) is 0 Å². The molecule has 21 heavy (non-hydrogen) atoms. The summed E-state index contributed by atoms with van der Waals surface area (Å²) >= 11 is 0. The fraction of sp³-hybridized carbons (Fsp3) is 1.00. The summed E-state index contributed by atoms with van der Waals surface area (Å²) in [5.74, 6) is 0.947. The van der Waals surface area contributed by atoms with Crippen molar-refractivity contribution in [2.24, 2.45) is 5.92 Å². The van der Waals surface area contributed by atoms with Crippen molar-refractivity contribution in [2.75, 3.05) is 33.2 Å². The first kappa shape index (κ1) is 17.2. The molecule has 1 aliphatic heterocycles. The van der Waals surface area contributed by atoms with Gasteiger partial charge in [-0.3, -0.25) is 4.90 Å². The number of nitrogens with one attached hydrogen (secondary N) is 1. The molecule has 0 aromatic carbocycles. The predicted molar refractivity (Wildman–Crippen MR) is 91.8 cm³/mol. The largest absolute Gasteiger partial charge is 0.312 e. The normalized spacial score (nSPS) is 36.6. The lowest BCUT2D eigenvalue weighted by Gasteiger charge is -2.45. The number of hydrogen-bond donors (Lipinski definition) is 1. The molecule has 2 fully saturated rings. The molecule has 4 atom stereocenters. The molecule has 0 aromatic rings. The van der Waals surface area contributed by atoms with E-state index in [9.17, 15) is 0 Å². The highest BCUT2D eigenvalue weighted by molar-refractivity contribution is 4.94. The van der Waals surface area contributed by atoms with E-state index in [0.717, 1.165) is 18.0 Å². The van der Waals surface area contributed by atoms with Crippen LogP contribution < -0.4 is 5.32 Å². The summed E-state index contributed by atoms with van der Waals surface area (Å²) in [6.45, 7) is 12.1. The van der Waals surface area contributed by atoms with Crippen LogP contribution in [0.25, 0.3) is 0 Å². The second-order valence-corrected chi connectivity index (χ2v) is 7.42. The van der Waals surface area contributed by atoms with Crippen LogP contribution in [0.1, 0.15) is 59.3 Å². The van der Waals surface area contributed by atoms with Crippen LogP contribution >= 0.6 is 0 Å². The van der Waals surface area contributed by atoms with Gasteiger partial charge in [-0.2, -0.15) is 0 Å². The third-order valence-corrected chi connectivity index (χ3v) is 5.68. The predicted octanol–water partition coefficient (Wildman–Crippen LogP) is 2.96. The van der Waals surface area contributed by atoms with Gasteiger partial charge >= 0.3 is 0 Å². The first-order valence-electron chi connectivity index (χ1n) is 9.33. The Labute approximate surface area is 132 Å². The molecule has 1 heterocycles. The lowest BCUT2D eigenvalue weighted by Crippen LogP contribution is -2.56. The summed E-state index contributed by atoms with van der Waals surface area (Å²) in [7, 11) is 2.28. The van der Waals surface area contributed by atoms with Crippen molar-refractivity contribution in [3.8, 4) is 0 Å². The zero-order chi connectivity index (χ0) is 15.2. The molecule has 3 nitrogen and oxygen atoms in total. The van der Waals surface area contributed by atoms with Crippen LogP contribution in [0.3, 0.4) is 0 Å². The van der Waals surface area contributed by atoms with Gasteiger partial charge in [-0.1, -0.05) is 20.3 Å². The highest BCUT2D eigenvalue weighted by atomic mass is 15.3. The van der Waals surface area contributed by atoms with Crippen LogP contribution in [0.2, 0.25) is 0 Å². The molecular formula is C18H37N3. The van der Waals surface area contributed by atoms with E-state index in [1.54, 1.807) is 0 Å². The molecule has 2 rings (SSSR count). The van der Waals surface area contributed by atoms with E-state index in [1.165, 1.54) is 64.7 Å². The maximum absolute atomic E-state index is 3.86. The Balaban J connectivity index is 2.05. The Morgan fingerprint density at radius 1 is 1.14 bits per heavy atom. The molecule has 124 valence electrons. The smallest absolute Gasteiger partial charge is 0.0255 e. The fourth-order valence-corrected chi connectivity index (χ4v) is 4.42. The Hall–Kier alpha value is -0.120. The standard InChI is InChI=1S/C18H37N3/c1-5-10-19-17-9-8-16(6-2)13-18(17)21-12-7-11-20(4)14-15(21)3/h15-19H,5-14H2,1-4H3. The van der Waals surface area contributed by atoms with Gasteiger partial charge in [-0.05, 0) is 65.1 Å². The monoisotopic (exact) mass is 295 g/mol. The SMILES string of the molecule is CCCNC1CCC(CC)CC1N1CCCN(C)CC1C. The zero-order valence-corrected chi connectivity index (χ0v) is 14.8. The van der Waals surface area contributed by atoms with Crippen LogP contribution in [0.5, 0.6) is 0 Å². The maximum Gasteiger partial charge on any atom is 0.0255 e. The minimum Gasteiger partial charge on any atom is -0.312 e. The van der Waals surface area contributed by atoms with Gasteiger partial charge in [0.05, 0.1) is 0 Å². The van der Waals surface area contributed by atoms with Gasteiger partial charge in [0.25, 0.3) is 0 Å². The summed E-state index contributed by atoms with van der Waals surface area (Å²) in [5, 5.41) is 3.86. The van der Waals surface area contributed by atoms with Gasteiger partial charge in [0.15, 0.2) is 0 Å². The van der Waals surface area contributed by atoms with Gasteiger partial charge in [0, 0.05) is 31.2 Å². The average molecular weight is 296 g/mol. The number of hydrogen-bond acceptors (Lipinski definition) is 3. The van der Waals surface area contributed by atoms with Gasteiger partial charge < -0.3 is 10.2 Å². The molecule has 1 N–H and O–H groups in total. The number of likely N-dealkylation sites (N-methyl/N-ethyl adjacent to an activating group) is 1. The van der Waals surface area contributed by atoms with Crippen LogP contribution in [0, 0.1) is 5.92 Å². The van der Waals surface area contributed by atoms with Crippen LogP contribution in [0.4, 0.5) is 0 Å². The van der Waals surface area contributed by atoms with E-state index in [-0.39, 0.29) is 0 Å². The van der Waals surface area contributed by atoms with E-state index in [0.29, 0.717) is 6.04 Å². The Morgan fingerprint density at radius 2 is 1.95 bits per heavy atom. The van der Waals surface area contributed by atoms with Gasteiger partial charge in [0.1, 0.15) is 0 Å². The summed E-state index contributed by atoms with van der Waals surface area (Å²) in [6.07, 6.45) is 8.15. The lowest BCUT2D eigenvalue weighted by atomic mass is 9.79. The van der Waals surface area contributed by atoms with Crippen molar-refractivity contribution >= 4 is 0 Å². The molecule has 3 heteroatoms. The second kappa shape index (κ2) is 8.50. The summed E-state index contributed by atoms with van der Waals surface area (Å²) < 4.78 is 0. The van der Waals surface area contributed by atoms with Crippen LogP contribution in [-0.2, 0) is 0 Å². The van der Waals surface area contributed by atoms with Crippen molar-refractivity contribution < 1.29 is 0 Å². The Kier molecular flexibility index (Phi) is 6.97. The van der Waals surface area contributed by atoms with Crippen LogP contribution in [0.15, 0.2) is 0 Å². The minimum absolute atomic E-state index is 0.698. The van der Waals surface area contributed by atoms with E-state index >= 15 is 0 Å². The highest BCUT2D eigenvalue weighted by Crippen LogP contribution is 2.32. The van der Waals surface area contributed by atoms with Crippen molar-refractivity contribution in [3.05, 3.63) is 0 Å². The highest BCUT2D eigenvalue weighted by Gasteiger charge is 2.36. The lowest BCUT2D eigenvalue weighted by molar-refractivity contribution is 0.0663. The van der Waals surface area contributed by atoms with E-state index < -0.39 is 0 Å². The van der Waals surface area contributed by atoms with E-state index in [2.05, 4.69) is 42.9 Å². The number of rotatable bonds is 5. The molecule has 1 saturated carbocycles. The fourth-order valence-electron chi connectivity index (χ4n) is 4.42. The Bertz CT molecular complexity index is 294. The molecule has 1 aliphatic carbocycles. The zero-order valence-electron chi connectivity index (χ0n) is 14.8. The molecule has 2 aliphatic rings. The molecule has 0 bridgehead atoms. The average Bonchev–Trinajstić information content (AvgIpc) is 2.65. The van der Waals surface area contributed by atoms with Crippen molar-refractivity contribution in [1.82, 2.24) is 15.1 Å². The molecule has 0 amide bonds. The molecule has 4 unspecified atom stereocenters. The van der Waals surface area contributed by atoms with Crippen molar-refractivity contribution in [3.63, 3.8) is 0 Å². The second-order valence-electron chi connectivity index (χ2n) is 7.42.